The third-order valence-corrected chi connectivity index (χ3v) is 4.66. The first-order valence-electron chi connectivity index (χ1n) is 7.77. The lowest BCUT2D eigenvalue weighted by Crippen LogP contribution is -2.13. The van der Waals surface area contributed by atoms with Crippen molar-refractivity contribution in [2.24, 2.45) is 0 Å². The summed E-state index contributed by atoms with van der Waals surface area (Å²) in [6, 6.07) is 8.67. The predicted molar refractivity (Wildman–Crippen MR) is 107 cm³/mol. The van der Waals surface area contributed by atoms with E-state index in [2.05, 4.69) is 37.2 Å². The van der Waals surface area contributed by atoms with Gasteiger partial charge in [0.05, 0.1) is 15.0 Å². The molecule has 0 atom stereocenters. The van der Waals surface area contributed by atoms with Gasteiger partial charge in [0, 0.05) is 16.8 Å². The summed E-state index contributed by atoms with van der Waals surface area (Å²) >= 11 is 6.89. The minimum Gasteiger partial charge on any atom is -0.489 e. The number of carbonyl (C=O) groups excluding carboxylic acids is 2. The molecule has 132 valence electrons. The summed E-state index contributed by atoms with van der Waals surface area (Å²) in [5, 5.41) is 2.85. The van der Waals surface area contributed by atoms with Gasteiger partial charge in [-0.05, 0) is 95.5 Å². The van der Waals surface area contributed by atoms with Crippen LogP contribution in [0.25, 0.3) is 0 Å². The first-order chi connectivity index (χ1) is 11.7. The van der Waals surface area contributed by atoms with Gasteiger partial charge < -0.3 is 10.1 Å². The van der Waals surface area contributed by atoms with Gasteiger partial charge in [0.2, 0.25) is 0 Å². The van der Waals surface area contributed by atoms with Gasteiger partial charge in [-0.25, -0.2) is 0 Å². The van der Waals surface area contributed by atoms with E-state index in [-0.39, 0.29) is 17.8 Å². The predicted octanol–water partition coefficient (Wildman–Crippen LogP) is 5.76. The Morgan fingerprint density at radius 3 is 2.16 bits per heavy atom. The fourth-order valence-corrected chi connectivity index (χ4v) is 3.75. The zero-order chi connectivity index (χ0) is 18.7. The van der Waals surface area contributed by atoms with Gasteiger partial charge in [0.1, 0.15) is 5.75 Å². The minimum absolute atomic E-state index is 0.00368. The third-order valence-electron chi connectivity index (χ3n) is 3.48. The van der Waals surface area contributed by atoms with Crippen LogP contribution < -0.4 is 10.1 Å². The number of carbonyl (C=O) groups is 2. The third kappa shape index (κ3) is 4.92. The molecule has 0 fully saturated rings. The summed E-state index contributed by atoms with van der Waals surface area (Å²) in [5.74, 6) is 0.421. The summed E-state index contributed by atoms with van der Waals surface area (Å²) < 4.78 is 7.12. The van der Waals surface area contributed by atoms with Crippen LogP contribution in [0.1, 0.15) is 47.1 Å². The maximum absolute atomic E-state index is 12.5. The Morgan fingerprint density at radius 2 is 1.68 bits per heavy atom. The molecule has 0 aliphatic rings. The summed E-state index contributed by atoms with van der Waals surface area (Å²) in [5.41, 5.74) is 2.61. The van der Waals surface area contributed by atoms with Crippen LogP contribution in [0.5, 0.6) is 5.75 Å². The van der Waals surface area contributed by atoms with Crippen LogP contribution in [-0.2, 0) is 0 Å². The highest BCUT2D eigenvalue weighted by molar-refractivity contribution is 9.11. The average Bonchev–Trinajstić information content (AvgIpc) is 2.50. The van der Waals surface area contributed by atoms with E-state index in [4.69, 9.17) is 4.74 Å². The fraction of sp³-hybridized carbons (Fsp3) is 0.263. The number of hydrogen-bond acceptors (Lipinski definition) is 3. The highest BCUT2D eigenvalue weighted by Gasteiger charge is 2.15. The van der Waals surface area contributed by atoms with Gasteiger partial charge in [-0.15, -0.1) is 0 Å². The van der Waals surface area contributed by atoms with Crippen LogP contribution in [0.4, 0.5) is 5.69 Å². The van der Waals surface area contributed by atoms with Crippen LogP contribution in [-0.4, -0.2) is 17.8 Å². The minimum atomic E-state index is -0.243. The molecular weight excluding hydrogens is 450 g/mol. The molecule has 1 amide bonds. The summed E-state index contributed by atoms with van der Waals surface area (Å²) in [6.07, 6.45) is 0.0232. The molecule has 0 radical (unpaired) electrons. The lowest BCUT2D eigenvalue weighted by Gasteiger charge is -2.15. The zero-order valence-electron chi connectivity index (χ0n) is 14.4. The smallest absolute Gasteiger partial charge is 0.255 e. The molecule has 0 unspecified atom stereocenters. The Balaban J connectivity index is 2.24. The SMILES string of the molecule is CC(=O)c1ccc(NC(=O)c2cc(Br)c(OC(C)C)c(Br)c2)cc1C. The van der Waals surface area contributed by atoms with E-state index in [1.807, 2.05) is 20.8 Å². The number of anilines is 1. The molecule has 2 aromatic carbocycles. The van der Waals surface area contributed by atoms with Crippen molar-refractivity contribution in [1.29, 1.82) is 0 Å². The second-order valence-electron chi connectivity index (χ2n) is 5.98. The number of amides is 1. The van der Waals surface area contributed by atoms with Crippen molar-refractivity contribution in [3.8, 4) is 5.75 Å². The number of ketones is 1. The van der Waals surface area contributed by atoms with E-state index in [9.17, 15) is 9.59 Å². The molecule has 0 aromatic heterocycles. The van der Waals surface area contributed by atoms with Crippen molar-refractivity contribution >= 4 is 49.2 Å². The van der Waals surface area contributed by atoms with Gasteiger partial charge >= 0.3 is 0 Å². The van der Waals surface area contributed by atoms with Crippen LogP contribution >= 0.6 is 31.9 Å². The number of benzene rings is 2. The Morgan fingerprint density at radius 1 is 1.08 bits per heavy atom. The van der Waals surface area contributed by atoms with Crippen molar-refractivity contribution in [2.75, 3.05) is 5.32 Å². The molecule has 0 bridgehead atoms. The molecular formula is C19H19Br2NO3. The topological polar surface area (TPSA) is 55.4 Å². The molecule has 4 nitrogen and oxygen atoms in total. The quantitative estimate of drug-likeness (QED) is 0.567. The highest BCUT2D eigenvalue weighted by Crippen LogP contribution is 2.35. The lowest BCUT2D eigenvalue weighted by molar-refractivity contribution is 0.101. The van der Waals surface area contributed by atoms with Crippen LogP contribution in [0.15, 0.2) is 39.3 Å². The first-order valence-corrected chi connectivity index (χ1v) is 9.36. The maximum atomic E-state index is 12.5. The molecule has 2 rings (SSSR count). The average molecular weight is 469 g/mol. The number of ether oxygens (including phenoxy) is 1. The molecule has 6 heteroatoms. The molecule has 25 heavy (non-hydrogen) atoms. The summed E-state index contributed by atoms with van der Waals surface area (Å²) in [7, 11) is 0. The standard InChI is InChI=1S/C19H19Br2NO3/c1-10(2)25-18-16(20)8-13(9-17(18)21)19(24)22-14-5-6-15(12(4)23)11(3)7-14/h5-10H,1-4H3,(H,22,24). The summed E-state index contributed by atoms with van der Waals surface area (Å²) in [4.78, 5) is 24.0. The summed E-state index contributed by atoms with van der Waals surface area (Å²) in [6.45, 7) is 7.24. The van der Waals surface area contributed by atoms with Gasteiger partial charge in [-0.2, -0.15) is 0 Å². The number of rotatable bonds is 5. The van der Waals surface area contributed by atoms with Gasteiger partial charge in [0.25, 0.3) is 5.91 Å². The highest BCUT2D eigenvalue weighted by atomic mass is 79.9. The van der Waals surface area contributed by atoms with E-state index in [1.54, 1.807) is 30.3 Å². The van der Waals surface area contributed by atoms with Crippen LogP contribution in [0.3, 0.4) is 0 Å². The molecule has 2 aromatic rings. The first kappa shape index (κ1) is 19.7. The molecule has 0 spiro atoms. The Hall–Kier alpha value is -1.66. The molecule has 0 saturated heterocycles. The number of Topliss-reactive ketones (excluding diaryl/α,β-unsaturated/α-hetero) is 1. The van der Waals surface area contributed by atoms with Crippen LogP contribution in [0.2, 0.25) is 0 Å². The van der Waals surface area contributed by atoms with E-state index in [1.165, 1.54) is 6.92 Å². The second-order valence-corrected chi connectivity index (χ2v) is 7.68. The molecule has 0 heterocycles. The van der Waals surface area contributed by atoms with Crippen molar-refractivity contribution in [1.82, 2.24) is 0 Å². The number of hydrogen-bond donors (Lipinski definition) is 1. The van der Waals surface area contributed by atoms with Crippen molar-refractivity contribution < 1.29 is 14.3 Å². The second kappa shape index (κ2) is 8.15. The van der Waals surface area contributed by atoms with Crippen LogP contribution in [0, 0.1) is 6.92 Å². The van der Waals surface area contributed by atoms with Gasteiger partial charge in [-0.1, -0.05) is 0 Å². The van der Waals surface area contributed by atoms with Gasteiger partial charge in [-0.3, -0.25) is 9.59 Å². The van der Waals surface area contributed by atoms with E-state index in [0.717, 1.165) is 5.56 Å². The van der Waals surface area contributed by atoms with E-state index in [0.29, 0.717) is 31.5 Å². The van der Waals surface area contributed by atoms with E-state index < -0.39 is 0 Å². The fourth-order valence-electron chi connectivity index (χ4n) is 2.38. The lowest BCUT2D eigenvalue weighted by atomic mass is 10.0. The van der Waals surface area contributed by atoms with Gasteiger partial charge in [0.15, 0.2) is 5.78 Å². The Labute approximate surface area is 164 Å². The normalized spacial score (nSPS) is 10.7. The van der Waals surface area contributed by atoms with Crippen molar-refractivity contribution in [2.45, 2.75) is 33.8 Å². The Bertz CT molecular complexity index is 808. The molecule has 0 aliphatic carbocycles. The number of halogens is 2. The monoisotopic (exact) mass is 467 g/mol. The van der Waals surface area contributed by atoms with E-state index >= 15 is 0 Å². The molecule has 0 aliphatic heterocycles. The van der Waals surface area contributed by atoms with Crippen molar-refractivity contribution in [3.63, 3.8) is 0 Å². The molecule has 0 saturated carbocycles. The van der Waals surface area contributed by atoms with Crippen molar-refractivity contribution in [3.05, 3.63) is 56.0 Å². The Kier molecular flexibility index (Phi) is 6.41. The number of aryl methyl sites for hydroxylation is 1. The number of nitrogens with one attached hydrogen (secondary N) is 1. The maximum Gasteiger partial charge on any atom is 0.255 e. The largest absolute Gasteiger partial charge is 0.489 e. The molecule has 1 N–H and O–H groups in total. The zero-order valence-corrected chi connectivity index (χ0v) is 17.6.